The Bertz CT molecular complexity index is 450. The summed E-state index contributed by atoms with van der Waals surface area (Å²) in [4.78, 5) is 7.25. The van der Waals surface area contributed by atoms with Gasteiger partial charge in [0, 0.05) is 17.8 Å². The van der Waals surface area contributed by atoms with E-state index in [-0.39, 0.29) is 5.92 Å². The van der Waals surface area contributed by atoms with Crippen LogP contribution in [0.25, 0.3) is 11.0 Å². The number of nitrogens with one attached hydrogen (secondary N) is 1. The molecule has 14 heavy (non-hydrogen) atoms. The van der Waals surface area contributed by atoms with Crippen molar-refractivity contribution in [2.45, 2.75) is 12.8 Å². The largest absolute Gasteiger partial charge is 0.346 e. The van der Waals surface area contributed by atoms with Crippen molar-refractivity contribution in [2.24, 2.45) is 5.73 Å². The topological polar surface area (TPSA) is 54.7 Å². The number of nitrogens with zero attached hydrogens (tertiary/aromatic N) is 1. The fraction of sp³-hybridized carbons (Fsp3) is 0.300. The van der Waals surface area contributed by atoms with E-state index in [9.17, 15) is 0 Å². The molecule has 3 nitrogen and oxygen atoms in total. The highest BCUT2D eigenvalue weighted by Gasteiger charge is 2.13. The first kappa shape index (κ1) is 9.49. The van der Waals surface area contributed by atoms with Gasteiger partial charge in [0.05, 0.1) is 5.02 Å². The predicted molar refractivity (Wildman–Crippen MR) is 58.6 cm³/mol. The molecule has 0 spiro atoms. The molecule has 0 unspecified atom stereocenters. The van der Waals surface area contributed by atoms with E-state index < -0.39 is 0 Å². The summed E-state index contributed by atoms with van der Waals surface area (Å²) >= 11 is 6.10. The summed E-state index contributed by atoms with van der Waals surface area (Å²) in [6.45, 7) is 2.65. The third-order valence-corrected chi connectivity index (χ3v) is 2.73. The van der Waals surface area contributed by atoms with Crippen molar-refractivity contribution in [3.05, 3.63) is 29.0 Å². The molecule has 0 aliphatic carbocycles. The van der Waals surface area contributed by atoms with Crippen LogP contribution < -0.4 is 5.73 Å². The predicted octanol–water partition coefficient (Wildman–Crippen LogP) is 2.28. The van der Waals surface area contributed by atoms with Crippen LogP contribution in [0.3, 0.4) is 0 Å². The quantitative estimate of drug-likeness (QED) is 0.798. The lowest BCUT2D eigenvalue weighted by atomic mass is 9.99. The second kappa shape index (κ2) is 3.59. The van der Waals surface area contributed by atoms with Gasteiger partial charge < -0.3 is 10.7 Å². The van der Waals surface area contributed by atoms with Gasteiger partial charge in [-0.25, -0.2) is 4.98 Å². The molecular weight excluding hydrogens is 198 g/mol. The van der Waals surface area contributed by atoms with Crippen LogP contribution in [0.5, 0.6) is 0 Å². The first-order chi connectivity index (χ1) is 6.74. The lowest BCUT2D eigenvalue weighted by Gasteiger charge is -2.11. The number of nitrogens with two attached hydrogens (primary N) is 1. The summed E-state index contributed by atoms with van der Waals surface area (Å²) in [5.41, 5.74) is 7.59. The van der Waals surface area contributed by atoms with Gasteiger partial charge in [0.15, 0.2) is 0 Å². The van der Waals surface area contributed by atoms with Gasteiger partial charge >= 0.3 is 0 Å². The highest BCUT2D eigenvalue weighted by Crippen LogP contribution is 2.29. The van der Waals surface area contributed by atoms with Crippen molar-refractivity contribution < 1.29 is 0 Å². The Balaban J connectivity index is 2.70. The molecule has 0 radical (unpaired) electrons. The minimum Gasteiger partial charge on any atom is -0.346 e. The monoisotopic (exact) mass is 209 g/mol. The number of aromatic nitrogens is 2. The number of hydrogen-bond acceptors (Lipinski definition) is 2. The van der Waals surface area contributed by atoms with E-state index >= 15 is 0 Å². The van der Waals surface area contributed by atoms with E-state index in [1.165, 1.54) is 0 Å². The highest BCUT2D eigenvalue weighted by atomic mass is 35.5. The molecular formula is C10H12ClN3. The van der Waals surface area contributed by atoms with E-state index in [1.54, 1.807) is 6.20 Å². The van der Waals surface area contributed by atoms with Crippen LogP contribution in [0.4, 0.5) is 0 Å². The Morgan fingerprint density at radius 1 is 1.64 bits per heavy atom. The van der Waals surface area contributed by atoms with Gasteiger partial charge in [-0.05, 0) is 24.1 Å². The third kappa shape index (κ3) is 1.38. The number of pyridine rings is 1. The van der Waals surface area contributed by atoms with Crippen molar-refractivity contribution in [1.82, 2.24) is 9.97 Å². The number of fused-ring (bicyclic) bond motifs is 1. The van der Waals surface area contributed by atoms with Crippen LogP contribution in [0, 0.1) is 0 Å². The Morgan fingerprint density at radius 2 is 2.43 bits per heavy atom. The fourth-order valence-electron chi connectivity index (χ4n) is 1.62. The minimum atomic E-state index is 0.254. The molecule has 0 amide bonds. The smallest absolute Gasteiger partial charge is 0.137 e. The second-order valence-electron chi connectivity index (χ2n) is 3.40. The number of H-pyrrole nitrogens is 1. The third-order valence-electron chi connectivity index (χ3n) is 2.43. The Kier molecular flexibility index (Phi) is 2.44. The summed E-state index contributed by atoms with van der Waals surface area (Å²) in [5, 5.41) is 1.76. The van der Waals surface area contributed by atoms with E-state index in [4.69, 9.17) is 17.3 Å². The van der Waals surface area contributed by atoms with Gasteiger partial charge in [-0.15, -0.1) is 0 Å². The average Bonchev–Trinajstić information content (AvgIpc) is 2.64. The summed E-state index contributed by atoms with van der Waals surface area (Å²) in [5.74, 6) is 0.254. The van der Waals surface area contributed by atoms with Gasteiger partial charge in [0.25, 0.3) is 0 Å². The summed E-state index contributed by atoms with van der Waals surface area (Å²) in [6, 6.07) is 1.98. The average molecular weight is 210 g/mol. The van der Waals surface area contributed by atoms with E-state index in [2.05, 4.69) is 16.9 Å². The molecule has 4 heteroatoms. The molecule has 1 atom stereocenters. The molecule has 2 rings (SSSR count). The summed E-state index contributed by atoms with van der Waals surface area (Å²) in [6.07, 6.45) is 3.53. The maximum absolute atomic E-state index is 6.10. The Labute approximate surface area is 87.3 Å². The lowest BCUT2D eigenvalue weighted by molar-refractivity contribution is 0.780. The minimum absolute atomic E-state index is 0.254. The van der Waals surface area contributed by atoms with Crippen molar-refractivity contribution in [2.75, 3.05) is 6.54 Å². The second-order valence-corrected chi connectivity index (χ2v) is 3.80. The molecule has 0 saturated heterocycles. The normalized spacial score (nSPS) is 13.4. The molecule has 2 aromatic heterocycles. The summed E-state index contributed by atoms with van der Waals surface area (Å²) in [7, 11) is 0. The van der Waals surface area contributed by atoms with E-state index in [0.29, 0.717) is 11.6 Å². The van der Waals surface area contributed by atoms with Crippen molar-refractivity contribution in [3.63, 3.8) is 0 Å². The van der Waals surface area contributed by atoms with Gasteiger partial charge in [-0.3, -0.25) is 0 Å². The van der Waals surface area contributed by atoms with Crippen LogP contribution in [0.2, 0.25) is 5.02 Å². The fourth-order valence-corrected chi connectivity index (χ4v) is 1.96. The highest BCUT2D eigenvalue weighted by molar-refractivity contribution is 6.32. The van der Waals surface area contributed by atoms with Crippen molar-refractivity contribution >= 4 is 22.6 Å². The molecule has 2 aromatic rings. The molecule has 0 aliphatic heterocycles. The molecule has 2 heterocycles. The van der Waals surface area contributed by atoms with Gasteiger partial charge in [0.1, 0.15) is 5.65 Å². The van der Waals surface area contributed by atoms with Crippen LogP contribution in [-0.4, -0.2) is 16.5 Å². The van der Waals surface area contributed by atoms with E-state index in [0.717, 1.165) is 16.6 Å². The Hall–Kier alpha value is -1.06. The SMILES string of the molecule is C[C@@H](CN)c1c(Cl)cnc2[nH]ccc12. The lowest BCUT2D eigenvalue weighted by Crippen LogP contribution is -2.09. The molecule has 0 bridgehead atoms. The zero-order valence-corrected chi connectivity index (χ0v) is 8.67. The van der Waals surface area contributed by atoms with Crippen LogP contribution in [0.1, 0.15) is 18.4 Å². The number of hydrogen-bond donors (Lipinski definition) is 2. The van der Waals surface area contributed by atoms with Crippen LogP contribution in [-0.2, 0) is 0 Å². The first-order valence-electron chi connectivity index (χ1n) is 4.55. The summed E-state index contributed by atoms with van der Waals surface area (Å²) < 4.78 is 0. The van der Waals surface area contributed by atoms with Gasteiger partial charge in [-0.2, -0.15) is 0 Å². The van der Waals surface area contributed by atoms with E-state index in [1.807, 2.05) is 12.3 Å². The first-order valence-corrected chi connectivity index (χ1v) is 4.93. The molecule has 0 fully saturated rings. The van der Waals surface area contributed by atoms with Crippen molar-refractivity contribution in [1.29, 1.82) is 0 Å². The van der Waals surface area contributed by atoms with Gasteiger partial charge in [-0.1, -0.05) is 18.5 Å². The van der Waals surface area contributed by atoms with Gasteiger partial charge in [0.2, 0.25) is 0 Å². The zero-order valence-electron chi connectivity index (χ0n) is 7.92. The molecule has 3 N–H and O–H groups in total. The molecule has 0 saturated carbocycles. The maximum atomic E-state index is 6.10. The standard InChI is InChI=1S/C10H12ClN3/c1-6(4-12)9-7-2-3-13-10(7)14-5-8(9)11/h2-3,5-6H,4,12H2,1H3,(H,13,14)/t6-/m0/s1. The number of halogens is 1. The van der Waals surface area contributed by atoms with Crippen molar-refractivity contribution in [3.8, 4) is 0 Å². The maximum Gasteiger partial charge on any atom is 0.137 e. The van der Waals surface area contributed by atoms with Crippen LogP contribution >= 0.6 is 11.6 Å². The molecule has 74 valence electrons. The Morgan fingerprint density at radius 3 is 3.14 bits per heavy atom. The zero-order chi connectivity index (χ0) is 10.1. The molecule has 0 aliphatic rings. The number of rotatable bonds is 2. The molecule has 0 aromatic carbocycles. The van der Waals surface area contributed by atoms with Crippen LogP contribution in [0.15, 0.2) is 18.5 Å². The number of aromatic amines is 1.